The van der Waals surface area contributed by atoms with Crippen molar-refractivity contribution in [2.24, 2.45) is 0 Å². The second-order valence-corrected chi connectivity index (χ2v) is 7.07. The molecule has 160 valence electrons. The molecule has 0 aliphatic heterocycles. The van der Waals surface area contributed by atoms with Crippen LogP contribution in [0.4, 0.5) is 10.1 Å². The molecule has 32 heavy (non-hydrogen) atoms. The predicted molar refractivity (Wildman–Crippen MR) is 120 cm³/mol. The number of aromatic nitrogens is 2. The zero-order valence-corrected chi connectivity index (χ0v) is 17.6. The summed E-state index contributed by atoms with van der Waals surface area (Å²) in [4.78, 5) is 21.1. The molecule has 4 aromatic rings. The molecule has 0 bridgehead atoms. The summed E-state index contributed by atoms with van der Waals surface area (Å²) in [6.45, 7) is 0. The Morgan fingerprint density at radius 1 is 0.969 bits per heavy atom. The fourth-order valence-electron chi connectivity index (χ4n) is 2.97. The maximum absolute atomic E-state index is 13.3. The van der Waals surface area contributed by atoms with E-state index >= 15 is 0 Å². The number of rotatable bonds is 6. The average Bonchev–Trinajstić information content (AvgIpc) is 2.82. The van der Waals surface area contributed by atoms with Crippen LogP contribution < -0.4 is 14.8 Å². The monoisotopic (exact) mass is 449 g/mol. The van der Waals surface area contributed by atoms with Crippen LogP contribution in [0.5, 0.6) is 17.4 Å². The van der Waals surface area contributed by atoms with Gasteiger partial charge in [0, 0.05) is 22.9 Å². The molecule has 1 amide bonds. The first-order chi connectivity index (χ1) is 15.5. The third-order valence-electron chi connectivity index (χ3n) is 4.52. The van der Waals surface area contributed by atoms with Gasteiger partial charge < -0.3 is 14.8 Å². The van der Waals surface area contributed by atoms with E-state index in [4.69, 9.17) is 21.1 Å². The van der Waals surface area contributed by atoms with E-state index in [0.29, 0.717) is 39.9 Å². The summed E-state index contributed by atoms with van der Waals surface area (Å²) in [6, 6.07) is 19.8. The van der Waals surface area contributed by atoms with Crippen molar-refractivity contribution in [3.63, 3.8) is 0 Å². The number of halogens is 2. The van der Waals surface area contributed by atoms with Gasteiger partial charge in [0.1, 0.15) is 12.1 Å². The lowest BCUT2D eigenvalue weighted by atomic mass is 10.1. The smallest absolute Gasteiger partial charge is 0.255 e. The van der Waals surface area contributed by atoms with E-state index in [1.807, 2.05) is 18.2 Å². The summed E-state index contributed by atoms with van der Waals surface area (Å²) >= 11 is 5.78. The van der Waals surface area contributed by atoms with Crippen molar-refractivity contribution >= 4 is 23.2 Å². The fourth-order valence-corrected chi connectivity index (χ4v) is 3.15. The summed E-state index contributed by atoms with van der Waals surface area (Å²) < 4.78 is 24.5. The molecule has 0 unspecified atom stereocenters. The van der Waals surface area contributed by atoms with Crippen LogP contribution in [0.3, 0.4) is 0 Å². The maximum atomic E-state index is 13.3. The molecule has 1 N–H and O–H groups in total. The highest BCUT2D eigenvalue weighted by molar-refractivity contribution is 6.31. The minimum Gasteiger partial charge on any atom is -0.493 e. The number of anilines is 1. The van der Waals surface area contributed by atoms with Crippen molar-refractivity contribution in [3.8, 4) is 28.6 Å². The molecular weight excluding hydrogens is 433 g/mol. The molecule has 1 heterocycles. The quantitative estimate of drug-likeness (QED) is 0.391. The van der Waals surface area contributed by atoms with Gasteiger partial charge in [-0.05, 0) is 42.5 Å². The lowest BCUT2D eigenvalue weighted by Gasteiger charge is -2.10. The highest BCUT2D eigenvalue weighted by Gasteiger charge is 2.12. The number of nitrogens with zero attached hydrogens (tertiary/aromatic N) is 2. The molecule has 0 saturated heterocycles. The van der Waals surface area contributed by atoms with Crippen LogP contribution in [0.2, 0.25) is 5.02 Å². The molecule has 0 saturated carbocycles. The number of methoxy groups -OCH3 is 1. The van der Waals surface area contributed by atoms with E-state index in [-0.39, 0.29) is 10.9 Å². The third kappa shape index (κ3) is 4.84. The normalized spacial score (nSPS) is 10.5. The molecule has 0 spiro atoms. The number of hydrogen-bond donors (Lipinski definition) is 1. The second kappa shape index (κ2) is 9.45. The first-order valence-electron chi connectivity index (χ1n) is 9.53. The Morgan fingerprint density at radius 2 is 1.78 bits per heavy atom. The van der Waals surface area contributed by atoms with Gasteiger partial charge in [0.2, 0.25) is 5.88 Å². The van der Waals surface area contributed by atoms with Crippen LogP contribution in [-0.4, -0.2) is 23.0 Å². The van der Waals surface area contributed by atoms with Crippen LogP contribution in [0.25, 0.3) is 11.3 Å². The van der Waals surface area contributed by atoms with E-state index in [1.165, 1.54) is 24.5 Å². The first-order valence-corrected chi connectivity index (χ1v) is 9.91. The molecule has 0 aliphatic carbocycles. The van der Waals surface area contributed by atoms with Crippen molar-refractivity contribution in [2.75, 3.05) is 12.4 Å². The van der Waals surface area contributed by atoms with Crippen LogP contribution in [0.15, 0.2) is 79.1 Å². The Morgan fingerprint density at radius 3 is 2.56 bits per heavy atom. The number of carbonyl (C=O) groups is 1. The number of ether oxygens (including phenoxy) is 2. The topological polar surface area (TPSA) is 73.3 Å². The van der Waals surface area contributed by atoms with Gasteiger partial charge in [-0.25, -0.2) is 14.4 Å². The Hall–Kier alpha value is -3.97. The lowest BCUT2D eigenvalue weighted by Crippen LogP contribution is -2.12. The first kappa shape index (κ1) is 21.3. The Labute approximate surface area is 188 Å². The zero-order chi connectivity index (χ0) is 22.5. The number of benzene rings is 3. The molecule has 0 aliphatic rings. The summed E-state index contributed by atoms with van der Waals surface area (Å²) in [5.41, 5.74) is 2.06. The molecule has 0 radical (unpaired) electrons. The number of para-hydroxylation sites is 2. The molecule has 4 rings (SSSR count). The van der Waals surface area contributed by atoms with Gasteiger partial charge in [-0.15, -0.1) is 0 Å². The van der Waals surface area contributed by atoms with E-state index < -0.39 is 5.82 Å². The molecule has 3 aromatic carbocycles. The maximum Gasteiger partial charge on any atom is 0.255 e. The molecule has 6 nitrogen and oxygen atoms in total. The third-order valence-corrected chi connectivity index (χ3v) is 4.81. The standard InChI is InChI=1S/C24H17ClFN3O3/c1-31-21-7-2-3-8-22(21)32-23-13-20(27-14-28-23)15-5-4-6-16(11-15)24(30)29-17-9-10-19(26)18(25)12-17/h2-14H,1H3,(H,29,30). The van der Waals surface area contributed by atoms with E-state index in [9.17, 15) is 9.18 Å². The molecular formula is C24H17ClFN3O3. The van der Waals surface area contributed by atoms with Gasteiger partial charge in [0.25, 0.3) is 5.91 Å². The van der Waals surface area contributed by atoms with Gasteiger partial charge in [-0.1, -0.05) is 35.9 Å². The van der Waals surface area contributed by atoms with Gasteiger partial charge in [-0.2, -0.15) is 0 Å². The number of amides is 1. The Bertz CT molecular complexity index is 1280. The lowest BCUT2D eigenvalue weighted by molar-refractivity contribution is 0.102. The number of carbonyl (C=O) groups excluding carboxylic acids is 1. The van der Waals surface area contributed by atoms with Gasteiger partial charge in [0.05, 0.1) is 17.8 Å². The van der Waals surface area contributed by atoms with Crippen molar-refractivity contribution in [1.82, 2.24) is 9.97 Å². The SMILES string of the molecule is COc1ccccc1Oc1cc(-c2cccc(C(=O)Nc3ccc(F)c(Cl)c3)c2)ncn1. The van der Waals surface area contributed by atoms with Crippen molar-refractivity contribution in [2.45, 2.75) is 0 Å². The summed E-state index contributed by atoms with van der Waals surface area (Å²) in [6.07, 6.45) is 1.38. The molecule has 0 fully saturated rings. The Balaban J connectivity index is 1.56. The fraction of sp³-hybridized carbons (Fsp3) is 0.0417. The van der Waals surface area contributed by atoms with Gasteiger partial charge in [-0.3, -0.25) is 4.79 Å². The largest absolute Gasteiger partial charge is 0.493 e. The minimum absolute atomic E-state index is 0.0693. The highest BCUT2D eigenvalue weighted by atomic mass is 35.5. The van der Waals surface area contributed by atoms with E-state index in [1.54, 1.807) is 43.5 Å². The average molecular weight is 450 g/mol. The second-order valence-electron chi connectivity index (χ2n) is 6.66. The summed E-state index contributed by atoms with van der Waals surface area (Å²) in [5.74, 6) is 0.504. The van der Waals surface area contributed by atoms with Crippen molar-refractivity contribution in [1.29, 1.82) is 0 Å². The molecule has 8 heteroatoms. The minimum atomic E-state index is -0.554. The van der Waals surface area contributed by atoms with Crippen LogP contribution in [0.1, 0.15) is 10.4 Å². The van der Waals surface area contributed by atoms with Crippen molar-refractivity contribution in [3.05, 3.63) is 95.5 Å². The van der Waals surface area contributed by atoms with Gasteiger partial charge >= 0.3 is 0 Å². The molecule has 0 atom stereocenters. The summed E-state index contributed by atoms with van der Waals surface area (Å²) in [5, 5.41) is 2.63. The van der Waals surface area contributed by atoms with Crippen LogP contribution in [0, 0.1) is 5.82 Å². The van der Waals surface area contributed by atoms with Crippen molar-refractivity contribution < 1.29 is 18.7 Å². The predicted octanol–water partition coefficient (Wildman–Crippen LogP) is 5.99. The number of hydrogen-bond acceptors (Lipinski definition) is 5. The van der Waals surface area contributed by atoms with Crippen LogP contribution in [-0.2, 0) is 0 Å². The number of nitrogens with one attached hydrogen (secondary N) is 1. The van der Waals surface area contributed by atoms with E-state index in [0.717, 1.165) is 0 Å². The molecule has 1 aromatic heterocycles. The highest BCUT2D eigenvalue weighted by Crippen LogP contribution is 2.31. The Kier molecular flexibility index (Phi) is 6.28. The van der Waals surface area contributed by atoms with Crippen LogP contribution >= 0.6 is 11.6 Å². The zero-order valence-electron chi connectivity index (χ0n) is 16.9. The van der Waals surface area contributed by atoms with E-state index in [2.05, 4.69) is 15.3 Å². The van der Waals surface area contributed by atoms with Gasteiger partial charge in [0.15, 0.2) is 11.5 Å². The summed E-state index contributed by atoms with van der Waals surface area (Å²) in [7, 11) is 1.56.